The summed E-state index contributed by atoms with van der Waals surface area (Å²) in [6, 6.07) is 1.69. The van der Waals surface area contributed by atoms with Crippen molar-refractivity contribution in [3.63, 3.8) is 0 Å². The standard InChI is InChI=1S/C7H8O3S/c1-10-7(9)6(8)5-2-3-11-4-5/h2-4,6,8H,1H3. The highest BCUT2D eigenvalue weighted by molar-refractivity contribution is 7.08. The fourth-order valence-electron chi connectivity index (χ4n) is 0.678. The normalized spacial score (nSPS) is 12.5. The average Bonchev–Trinajstić information content (AvgIpc) is 2.53. The molecule has 1 aromatic heterocycles. The molecule has 0 bridgehead atoms. The lowest BCUT2D eigenvalue weighted by Crippen LogP contribution is -2.12. The molecule has 4 heteroatoms. The first-order valence-electron chi connectivity index (χ1n) is 3.03. The van der Waals surface area contributed by atoms with Crippen molar-refractivity contribution in [3.8, 4) is 0 Å². The number of rotatable bonds is 2. The summed E-state index contributed by atoms with van der Waals surface area (Å²) in [5.74, 6) is -0.622. The van der Waals surface area contributed by atoms with Gasteiger partial charge in [-0.05, 0) is 16.8 Å². The number of thiophene rings is 1. The third-order valence-corrected chi connectivity index (χ3v) is 1.98. The van der Waals surface area contributed by atoms with E-state index in [2.05, 4.69) is 4.74 Å². The summed E-state index contributed by atoms with van der Waals surface area (Å²) in [7, 11) is 1.25. The molecule has 0 spiro atoms. The van der Waals surface area contributed by atoms with Crippen LogP contribution in [0.4, 0.5) is 0 Å². The number of ether oxygens (including phenoxy) is 1. The minimum Gasteiger partial charge on any atom is -0.467 e. The van der Waals surface area contributed by atoms with Crippen molar-refractivity contribution in [2.75, 3.05) is 7.11 Å². The second kappa shape index (κ2) is 3.50. The maximum absolute atomic E-state index is 10.7. The molecule has 60 valence electrons. The predicted molar refractivity (Wildman–Crippen MR) is 41.3 cm³/mol. The Hall–Kier alpha value is -0.870. The molecule has 1 atom stereocenters. The van der Waals surface area contributed by atoms with Gasteiger partial charge in [-0.15, -0.1) is 0 Å². The molecule has 1 aromatic rings. The largest absolute Gasteiger partial charge is 0.467 e. The molecule has 3 nitrogen and oxygen atoms in total. The molecule has 0 aliphatic rings. The summed E-state index contributed by atoms with van der Waals surface area (Å²) >= 11 is 1.43. The fourth-order valence-corrected chi connectivity index (χ4v) is 1.36. The summed E-state index contributed by atoms with van der Waals surface area (Å²) in [5.41, 5.74) is 0.585. The third kappa shape index (κ3) is 1.78. The third-order valence-electron chi connectivity index (χ3n) is 1.28. The SMILES string of the molecule is COC(=O)C(O)c1ccsc1. The Kier molecular flexibility index (Phi) is 2.62. The zero-order valence-corrected chi connectivity index (χ0v) is 6.80. The van der Waals surface area contributed by atoms with Crippen molar-refractivity contribution < 1.29 is 14.6 Å². The summed E-state index contributed by atoms with van der Waals surface area (Å²) in [6.45, 7) is 0. The highest BCUT2D eigenvalue weighted by Gasteiger charge is 2.17. The van der Waals surface area contributed by atoms with Crippen molar-refractivity contribution in [1.29, 1.82) is 0 Å². The van der Waals surface area contributed by atoms with Crippen LogP contribution in [0.5, 0.6) is 0 Å². The van der Waals surface area contributed by atoms with Gasteiger partial charge in [0.1, 0.15) is 0 Å². The van der Waals surface area contributed by atoms with Crippen LogP contribution in [0.15, 0.2) is 16.8 Å². The van der Waals surface area contributed by atoms with Crippen LogP contribution in [0, 0.1) is 0 Å². The van der Waals surface area contributed by atoms with Gasteiger partial charge in [-0.2, -0.15) is 11.3 Å². The van der Waals surface area contributed by atoms with Crippen LogP contribution in [-0.4, -0.2) is 18.2 Å². The van der Waals surface area contributed by atoms with Gasteiger partial charge in [-0.3, -0.25) is 0 Å². The van der Waals surface area contributed by atoms with Crippen LogP contribution in [0.2, 0.25) is 0 Å². The number of carbonyl (C=O) groups is 1. The van der Waals surface area contributed by atoms with E-state index >= 15 is 0 Å². The Balaban J connectivity index is 2.70. The molecule has 0 amide bonds. The van der Waals surface area contributed by atoms with E-state index in [1.807, 2.05) is 0 Å². The summed E-state index contributed by atoms with van der Waals surface area (Å²) in [6.07, 6.45) is -1.13. The zero-order chi connectivity index (χ0) is 8.27. The maximum Gasteiger partial charge on any atom is 0.339 e. The molecule has 1 rings (SSSR count). The summed E-state index contributed by atoms with van der Waals surface area (Å²) in [5, 5.41) is 12.7. The van der Waals surface area contributed by atoms with E-state index in [0.29, 0.717) is 5.56 Å². The van der Waals surface area contributed by atoms with E-state index in [-0.39, 0.29) is 0 Å². The Morgan fingerprint density at radius 2 is 2.55 bits per heavy atom. The molecule has 0 aromatic carbocycles. The molecule has 0 saturated heterocycles. The molecule has 1 heterocycles. The van der Waals surface area contributed by atoms with E-state index in [1.54, 1.807) is 16.8 Å². The smallest absolute Gasteiger partial charge is 0.339 e. The molecule has 0 fully saturated rings. The van der Waals surface area contributed by atoms with Gasteiger partial charge in [-0.25, -0.2) is 4.79 Å². The highest BCUT2D eigenvalue weighted by atomic mass is 32.1. The monoisotopic (exact) mass is 172 g/mol. The lowest BCUT2D eigenvalue weighted by atomic mass is 10.2. The van der Waals surface area contributed by atoms with E-state index in [9.17, 15) is 9.90 Å². The quantitative estimate of drug-likeness (QED) is 0.676. The van der Waals surface area contributed by atoms with E-state index in [4.69, 9.17) is 0 Å². The van der Waals surface area contributed by atoms with Gasteiger partial charge in [0.15, 0.2) is 6.10 Å². The number of hydrogen-bond acceptors (Lipinski definition) is 4. The average molecular weight is 172 g/mol. The van der Waals surface area contributed by atoms with Crippen LogP contribution in [0.1, 0.15) is 11.7 Å². The lowest BCUT2D eigenvalue weighted by molar-refractivity contribution is -0.150. The van der Waals surface area contributed by atoms with Crippen LogP contribution in [-0.2, 0) is 9.53 Å². The number of aliphatic hydroxyl groups is 1. The number of hydrogen-bond donors (Lipinski definition) is 1. The van der Waals surface area contributed by atoms with Crippen molar-refractivity contribution in [3.05, 3.63) is 22.4 Å². The molecule has 0 aliphatic carbocycles. The van der Waals surface area contributed by atoms with Crippen molar-refractivity contribution in [2.24, 2.45) is 0 Å². The molecular formula is C7H8O3S. The Bertz CT molecular complexity index is 230. The van der Waals surface area contributed by atoms with Crippen LogP contribution < -0.4 is 0 Å². The highest BCUT2D eigenvalue weighted by Crippen LogP contribution is 2.16. The maximum atomic E-state index is 10.7. The second-order valence-corrected chi connectivity index (χ2v) is 2.76. The molecule has 0 saturated carbocycles. The van der Waals surface area contributed by atoms with Crippen molar-refractivity contribution in [2.45, 2.75) is 6.10 Å². The Morgan fingerprint density at radius 1 is 1.82 bits per heavy atom. The first-order valence-corrected chi connectivity index (χ1v) is 3.98. The van der Waals surface area contributed by atoms with Gasteiger partial charge < -0.3 is 9.84 Å². The molecule has 1 N–H and O–H groups in total. The second-order valence-electron chi connectivity index (χ2n) is 1.98. The number of methoxy groups -OCH3 is 1. The zero-order valence-electron chi connectivity index (χ0n) is 5.98. The molecule has 0 radical (unpaired) electrons. The summed E-state index contributed by atoms with van der Waals surface area (Å²) in [4.78, 5) is 10.7. The predicted octanol–water partition coefficient (Wildman–Crippen LogP) is 0.954. The van der Waals surface area contributed by atoms with E-state index < -0.39 is 12.1 Å². The fraction of sp³-hybridized carbons (Fsp3) is 0.286. The topological polar surface area (TPSA) is 46.5 Å². The van der Waals surface area contributed by atoms with Crippen molar-refractivity contribution in [1.82, 2.24) is 0 Å². The van der Waals surface area contributed by atoms with Gasteiger partial charge >= 0.3 is 5.97 Å². The lowest BCUT2D eigenvalue weighted by Gasteiger charge is -2.04. The number of carbonyl (C=O) groups excluding carboxylic acids is 1. The van der Waals surface area contributed by atoms with Crippen LogP contribution >= 0.6 is 11.3 Å². The van der Waals surface area contributed by atoms with Gasteiger partial charge in [0.05, 0.1) is 7.11 Å². The first kappa shape index (κ1) is 8.23. The Labute approximate surface area is 68.2 Å². The molecular weight excluding hydrogens is 164 g/mol. The Morgan fingerprint density at radius 3 is 3.00 bits per heavy atom. The molecule has 0 aliphatic heterocycles. The van der Waals surface area contributed by atoms with Gasteiger partial charge in [0, 0.05) is 5.56 Å². The minimum absolute atomic E-state index is 0.585. The van der Waals surface area contributed by atoms with Crippen LogP contribution in [0.3, 0.4) is 0 Å². The molecule has 11 heavy (non-hydrogen) atoms. The molecule has 1 unspecified atom stereocenters. The van der Waals surface area contributed by atoms with E-state index in [1.165, 1.54) is 18.4 Å². The van der Waals surface area contributed by atoms with Crippen molar-refractivity contribution >= 4 is 17.3 Å². The van der Waals surface area contributed by atoms with E-state index in [0.717, 1.165) is 0 Å². The number of aliphatic hydroxyl groups excluding tert-OH is 1. The van der Waals surface area contributed by atoms with Crippen LogP contribution in [0.25, 0.3) is 0 Å². The number of esters is 1. The van der Waals surface area contributed by atoms with Gasteiger partial charge in [-0.1, -0.05) is 0 Å². The van der Waals surface area contributed by atoms with Gasteiger partial charge in [0.25, 0.3) is 0 Å². The summed E-state index contributed by atoms with van der Waals surface area (Å²) < 4.78 is 4.35. The minimum atomic E-state index is -1.13. The first-order chi connectivity index (χ1) is 5.25. The van der Waals surface area contributed by atoms with Gasteiger partial charge in [0.2, 0.25) is 0 Å².